The largest absolute Gasteiger partial charge is 0.496 e. The summed E-state index contributed by atoms with van der Waals surface area (Å²) in [5.41, 5.74) is 0.764. The van der Waals surface area contributed by atoms with Crippen molar-refractivity contribution in [3.05, 3.63) is 17.8 Å². The minimum atomic E-state index is -0.780. The van der Waals surface area contributed by atoms with Crippen LogP contribution in [-0.4, -0.2) is 30.3 Å². The molecule has 0 amide bonds. The summed E-state index contributed by atoms with van der Waals surface area (Å²) in [6, 6.07) is 1.72. The highest BCUT2D eigenvalue weighted by Crippen LogP contribution is 2.53. The quantitative estimate of drug-likeness (QED) is 0.832. The molecule has 1 N–H and O–H groups in total. The molecule has 1 fully saturated rings. The Morgan fingerprint density at radius 3 is 2.75 bits per heavy atom. The number of carboxylic acid groups (broad SMARTS) is 1. The van der Waals surface area contributed by atoms with E-state index < -0.39 is 5.97 Å². The number of carbonyl (C=O) groups is 1. The number of hydrogen-bond acceptors (Lipinski definition) is 4. The average Bonchev–Trinajstić information content (AvgIpc) is 3.07. The molecule has 1 aliphatic carbocycles. The molecule has 0 bridgehead atoms. The van der Waals surface area contributed by atoms with Gasteiger partial charge in [0.2, 0.25) is 5.88 Å². The van der Waals surface area contributed by atoms with E-state index in [4.69, 9.17) is 14.6 Å². The molecule has 0 aromatic carbocycles. The van der Waals surface area contributed by atoms with E-state index in [2.05, 4.69) is 4.98 Å². The van der Waals surface area contributed by atoms with Crippen LogP contribution < -0.4 is 9.47 Å². The average molecular weight is 223 g/mol. The molecule has 5 nitrogen and oxygen atoms in total. The molecule has 2 rings (SSSR count). The maximum atomic E-state index is 10.8. The van der Waals surface area contributed by atoms with Gasteiger partial charge in [-0.3, -0.25) is 4.79 Å². The monoisotopic (exact) mass is 223 g/mol. The van der Waals surface area contributed by atoms with Crippen molar-refractivity contribution in [2.45, 2.75) is 12.3 Å². The first-order valence-electron chi connectivity index (χ1n) is 4.98. The van der Waals surface area contributed by atoms with Crippen LogP contribution in [0.5, 0.6) is 11.6 Å². The van der Waals surface area contributed by atoms with E-state index in [-0.39, 0.29) is 11.8 Å². The van der Waals surface area contributed by atoms with Gasteiger partial charge in [0.15, 0.2) is 0 Å². The molecule has 0 radical (unpaired) electrons. The summed E-state index contributed by atoms with van der Waals surface area (Å²) in [5, 5.41) is 8.91. The van der Waals surface area contributed by atoms with Gasteiger partial charge in [-0.25, -0.2) is 4.98 Å². The molecular formula is C11H13NO4. The van der Waals surface area contributed by atoms with Crippen LogP contribution in [0.1, 0.15) is 17.9 Å². The number of carboxylic acids is 1. The van der Waals surface area contributed by atoms with Crippen molar-refractivity contribution in [1.29, 1.82) is 0 Å². The molecule has 1 saturated carbocycles. The zero-order chi connectivity index (χ0) is 11.7. The molecule has 2 atom stereocenters. The SMILES string of the molecule is COc1ccnc(OC)c1C1CC1C(=O)O. The molecule has 1 aliphatic rings. The van der Waals surface area contributed by atoms with Crippen LogP contribution in [-0.2, 0) is 4.79 Å². The maximum Gasteiger partial charge on any atom is 0.307 e. The molecule has 5 heteroatoms. The van der Waals surface area contributed by atoms with E-state index in [0.29, 0.717) is 18.1 Å². The second kappa shape index (κ2) is 4.00. The Morgan fingerprint density at radius 1 is 1.50 bits per heavy atom. The lowest BCUT2D eigenvalue weighted by molar-refractivity contribution is -0.138. The number of aromatic nitrogens is 1. The Morgan fingerprint density at radius 2 is 2.25 bits per heavy atom. The smallest absolute Gasteiger partial charge is 0.307 e. The van der Waals surface area contributed by atoms with Crippen LogP contribution in [0, 0.1) is 5.92 Å². The van der Waals surface area contributed by atoms with Gasteiger partial charge in [0, 0.05) is 12.1 Å². The summed E-state index contributed by atoms with van der Waals surface area (Å²) in [6.45, 7) is 0. The van der Waals surface area contributed by atoms with E-state index in [1.54, 1.807) is 19.4 Å². The third-order valence-corrected chi connectivity index (χ3v) is 2.81. The van der Waals surface area contributed by atoms with Gasteiger partial charge in [-0.15, -0.1) is 0 Å². The maximum absolute atomic E-state index is 10.8. The van der Waals surface area contributed by atoms with Crippen LogP contribution in [0.3, 0.4) is 0 Å². The van der Waals surface area contributed by atoms with Crippen LogP contribution in [0.2, 0.25) is 0 Å². The lowest BCUT2D eigenvalue weighted by Gasteiger charge is -2.10. The minimum Gasteiger partial charge on any atom is -0.496 e. The van der Waals surface area contributed by atoms with Gasteiger partial charge in [0.25, 0.3) is 0 Å². The number of aliphatic carboxylic acids is 1. The molecular weight excluding hydrogens is 210 g/mol. The summed E-state index contributed by atoms with van der Waals surface area (Å²) in [7, 11) is 3.07. The lowest BCUT2D eigenvalue weighted by atomic mass is 10.1. The van der Waals surface area contributed by atoms with E-state index in [1.807, 2.05) is 0 Å². The molecule has 1 aromatic heterocycles. The number of nitrogens with zero attached hydrogens (tertiary/aromatic N) is 1. The number of hydrogen-bond donors (Lipinski definition) is 1. The van der Waals surface area contributed by atoms with Crippen molar-refractivity contribution < 1.29 is 19.4 Å². The van der Waals surface area contributed by atoms with Gasteiger partial charge in [-0.2, -0.15) is 0 Å². The van der Waals surface area contributed by atoms with Crippen molar-refractivity contribution in [2.75, 3.05) is 14.2 Å². The van der Waals surface area contributed by atoms with Crippen molar-refractivity contribution >= 4 is 5.97 Å². The first kappa shape index (κ1) is 10.7. The first-order valence-corrected chi connectivity index (χ1v) is 4.98. The normalized spacial score (nSPS) is 22.6. The van der Waals surface area contributed by atoms with E-state index in [9.17, 15) is 4.79 Å². The van der Waals surface area contributed by atoms with Gasteiger partial charge < -0.3 is 14.6 Å². The highest BCUT2D eigenvalue weighted by atomic mass is 16.5. The fourth-order valence-corrected chi connectivity index (χ4v) is 1.91. The fraction of sp³-hybridized carbons (Fsp3) is 0.455. The molecule has 1 aromatic rings. The summed E-state index contributed by atoms with van der Waals surface area (Å²) in [6.07, 6.45) is 2.20. The van der Waals surface area contributed by atoms with Crippen LogP contribution in [0.15, 0.2) is 12.3 Å². The molecule has 1 heterocycles. The third-order valence-electron chi connectivity index (χ3n) is 2.81. The van der Waals surface area contributed by atoms with Crippen LogP contribution >= 0.6 is 0 Å². The number of pyridine rings is 1. The van der Waals surface area contributed by atoms with Crippen LogP contribution in [0.25, 0.3) is 0 Å². The highest BCUT2D eigenvalue weighted by molar-refractivity contribution is 5.76. The molecule has 2 unspecified atom stereocenters. The van der Waals surface area contributed by atoms with Gasteiger partial charge in [0.05, 0.1) is 25.7 Å². The Balaban J connectivity index is 2.35. The van der Waals surface area contributed by atoms with Crippen LogP contribution in [0.4, 0.5) is 0 Å². The molecule has 0 spiro atoms. The predicted molar refractivity (Wildman–Crippen MR) is 55.8 cm³/mol. The van der Waals surface area contributed by atoms with Gasteiger partial charge in [-0.05, 0) is 12.5 Å². The third kappa shape index (κ3) is 1.68. The van der Waals surface area contributed by atoms with Gasteiger partial charge in [-0.1, -0.05) is 0 Å². The second-order valence-corrected chi connectivity index (χ2v) is 3.72. The Bertz CT molecular complexity index is 396. The minimum absolute atomic E-state index is 0.0453. The molecule has 16 heavy (non-hydrogen) atoms. The fourth-order valence-electron chi connectivity index (χ4n) is 1.91. The topological polar surface area (TPSA) is 68.7 Å². The standard InChI is InChI=1S/C11H13NO4/c1-15-8-3-4-12-10(16-2)9(8)6-5-7(6)11(13)14/h3-4,6-7H,5H2,1-2H3,(H,13,14). The van der Waals surface area contributed by atoms with E-state index >= 15 is 0 Å². The van der Waals surface area contributed by atoms with Crippen molar-refractivity contribution in [1.82, 2.24) is 4.98 Å². The molecule has 86 valence electrons. The van der Waals surface area contributed by atoms with E-state index in [1.165, 1.54) is 7.11 Å². The van der Waals surface area contributed by atoms with Gasteiger partial charge in [0.1, 0.15) is 5.75 Å². The number of methoxy groups -OCH3 is 2. The lowest BCUT2D eigenvalue weighted by Crippen LogP contribution is -2.02. The first-order chi connectivity index (χ1) is 7.69. The van der Waals surface area contributed by atoms with Crippen molar-refractivity contribution in [3.63, 3.8) is 0 Å². The van der Waals surface area contributed by atoms with Crippen molar-refractivity contribution in [3.8, 4) is 11.6 Å². The predicted octanol–water partition coefficient (Wildman–Crippen LogP) is 1.29. The highest BCUT2D eigenvalue weighted by Gasteiger charge is 2.47. The van der Waals surface area contributed by atoms with E-state index in [0.717, 1.165) is 5.56 Å². The zero-order valence-corrected chi connectivity index (χ0v) is 9.14. The summed E-state index contributed by atoms with van der Waals surface area (Å²) >= 11 is 0. The Labute approximate surface area is 93.0 Å². The molecule has 0 aliphatic heterocycles. The Hall–Kier alpha value is -1.78. The summed E-state index contributed by atoms with van der Waals surface area (Å²) < 4.78 is 10.3. The van der Waals surface area contributed by atoms with Gasteiger partial charge >= 0.3 is 5.97 Å². The summed E-state index contributed by atoms with van der Waals surface area (Å²) in [5.74, 6) is -0.0743. The Kier molecular flexibility index (Phi) is 2.68. The zero-order valence-electron chi connectivity index (χ0n) is 9.14. The second-order valence-electron chi connectivity index (χ2n) is 3.72. The summed E-state index contributed by atoms with van der Waals surface area (Å²) in [4.78, 5) is 14.9. The molecule has 0 saturated heterocycles. The number of ether oxygens (including phenoxy) is 2. The van der Waals surface area contributed by atoms with Crippen molar-refractivity contribution in [2.24, 2.45) is 5.92 Å². The number of rotatable bonds is 4.